The summed E-state index contributed by atoms with van der Waals surface area (Å²) < 4.78 is 5.00. The Morgan fingerprint density at radius 2 is 1.17 bits per heavy atom. The molecule has 0 aromatic carbocycles. The summed E-state index contributed by atoms with van der Waals surface area (Å²) in [5, 5.41) is 0. The number of hydrogen-bond acceptors (Lipinski definition) is 11. The van der Waals surface area contributed by atoms with Gasteiger partial charge in [-0.05, 0) is 18.8 Å². The number of rotatable bonds is 11. The van der Waals surface area contributed by atoms with E-state index in [9.17, 15) is 24.0 Å². The monoisotopic (exact) mass is 419 g/mol. The van der Waals surface area contributed by atoms with Gasteiger partial charge in [-0.1, -0.05) is 27.7 Å². The van der Waals surface area contributed by atoms with Crippen molar-refractivity contribution in [2.24, 2.45) is 11.7 Å². The van der Waals surface area contributed by atoms with Crippen molar-refractivity contribution in [3.8, 4) is 0 Å². The molecular formula is C18H29NO10. The van der Waals surface area contributed by atoms with E-state index in [0.717, 1.165) is 0 Å². The van der Waals surface area contributed by atoms with Crippen molar-refractivity contribution in [2.45, 2.75) is 78.4 Å². The first kappa shape index (κ1) is 26.3. The molecular weight excluding hydrogens is 390 g/mol. The van der Waals surface area contributed by atoms with Crippen molar-refractivity contribution < 1.29 is 48.3 Å². The van der Waals surface area contributed by atoms with Crippen LogP contribution in [0.1, 0.15) is 66.2 Å². The number of hydrogen-bond donors (Lipinski definition) is 1. The van der Waals surface area contributed by atoms with Gasteiger partial charge in [0.15, 0.2) is 0 Å². The number of ether oxygens (including phenoxy) is 1. The van der Waals surface area contributed by atoms with Crippen LogP contribution in [0.4, 0.5) is 0 Å². The minimum Gasteiger partial charge on any atom is -0.449 e. The van der Waals surface area contributed by atoms with Gasteiger partial charge in [-0.3, -0.25) is 4.79 Å². The summed E-state index contributed by atoms with van der Waals surface area (Å²) in [6.45, 7) is 6.81. The van der Waals surface area contributed by atoms with Crippen molar-refractivity contribution in [2.75, 3.05) is 0 Å². The van der Waals surface area contributed by atoms with Crippen LogP contribution < -0.4 is 5.73 Å². The third kappa shape index (κ3) is 11.7. The number of esters is 1. The molecule has 2 N–H and O–H groups in total. The summed E-state index contributed by atoms with van der Waals surface area (Å²) in [5.74, 6) is -4.86. The largest absolute Gasteiger partial charge is 0.449 e. The molecule has 2 atom stereocenters. The zero-order chi connectivity index (χ0) is 22.4. The van der Waals surface area contributed by atoms with E-state index in [-0.39, 0.29) is 25.2 Å². The second-order valence-electron chi connectivity index (χ2n) is 6.50. The Morgan fingerprint density at radius 1 is 0.724 bits per heavy atom. The van der Waals surface area contributed by atoms with Crippen LogP contribution >= 0.6 is 0 Å². The maximum Gasteiger partial charge on any atom is 0.395 e. The Bertz CT molecular complexity index is 575. The SMILES string of the molecule is CCCC(=O)OOC(=O)CCC(OC(=O)C(N)C(C)C)C(=O)OOC(=O)CCC. The van der Waals surface area contributed by atoms with Crippen LogP contribution in [0.5, 0.6) is 0 Å². The van der Waals surface area contributed by atoms with Crippen LogP contribution in [0.2, 0.25) is 0 Å². The van der Waals surface area contributed by atoms with Gasteiger partial charge in [0.25, 0.3) is 0 Å². The fraction of sp³-hybridized carbons (Fsp3) is 0.722. The Labute approximate surface area is 169 Å². The lowest BCUT2D eigenvalue weighted by molar-refractivity contribution is -0.266. The van der Waals surface area contributed by atoms with Gasteiger partial charge in [0, 0.05) is 19.3 Å². The Balaban J connectivity index is 4.83. The predicted octanol–water partition coefficient (Wildman–Crippen LogP) is 1.26. The zero-order valence-corrected chi connectivity index (χ0v) is 17.1. The van der Waals surface area contributed by atoms with Crippen LogP contribution in [-0.2, 0) is 48.3 Å². The molecule has 166 valence electrons. The Hall–Kier alpha value is -2.69. The predicted molar refractivity (Wildman–Crippen MR) is 96.1 cm³/mol. The fourth-order valence-electron chi connectivity index (χ4n) is 1.73. The average Bonchev–Trinajstić information content (AvgIpc) is 2.67. The lowest BCUT2D eigenvalue weighted by Crippen LogP contribution is -2.41. The molecule has 0 heterocycles. The van der Waals surface area contributed by atoms with E-state index in [1.165, 1.54) is 0 Å². The smallest absolute Gasteiger partial charge is 0.395 e. The Kier molecular flexibility index (Phi) is 13.0. The lowest BCUT2D eigenvalue weighted by atomic mass is 10.1. The highest BCUT2D eigenvalue weighted by molar-refractivity contribution is 5.82. The molecule has 11 nitrogen and oxygen atoms in total. The van der Waals surface area contributed by atoms with Crippen molar-refractivity contribution in [3.63, 3.8) is 0 Å². The van der Waals surface area contributed by atoms with Crippen LogP contribution in [0.3, 0.4) is 0 Å². The van der Waals surface area contributed by atoms with Gasteiger partial charge in [0.1, 0.15) is 6.04 Å². The van der Waals surface area contributed by atoms with Gasteiger partial charge < -0.3 is 10.5 Å². The average molecular weight is 419 g/mol. The number of nitrogens with two attached hydrogens (primary N) is 1. The van der Waals surface area contributed by atoms with Crippen LogP contribution in [0, 0.1) is 5.92 Å². The zero-order valence-electron chi connectivity index (χ0n) is 17.1. The van der Waals surface area contributed by atoms with E-state index in [0.29, 0.717) is 12.8 Å². The molecule has 0 rings (SSSR count). The fourth-order valence-corrected chi connectivity index (χ4v) is 1.73. The minimum absolute atomic E-state index is 0.0193. The normalized spacial score (nSPS) is 12.5. The van der Waals surface area contributed by atoms with E-state index < -0.39 is 48.4 Å². The van der Waals surface area contributed by atoms with Crippen molar-refractivity contribution in [3.05, 3.63) is 0 Å². The van der Waals surface area contributed by atoms with Crippen molar-refractivity contribution in [1.82, 2.24) is 0 Å². The molecule has 0 aromatic heterocycles. The van der Waals surface area contributed by atoms with Gasteiger partial charge in [0.05, 0.1) is 6.42 Å². The van der Waals surface area contributed by atoms with E-state index in [4.69, 9.17) is 10.5 Å². The summed E-state index contributed by atoms with van der Waals surface area (Å²) in [6.07, 6.45) is -1.34. The molecule has 0 spiro atoms. The van der Waals surface area contributed by atoms with Gasteiger partial charge in [0.2, 0.25) is 6.10 Å². The van der Waals surface area contributed by atoms with Gasteiger partial charge in [-0.15, -0.1) is 0 Å². The first-order valence-electron chi connectivity index (χ1n) is 9.39. The minimum atomic E-state index is -1.58. The van der Waals surface area contributed by atoms with Crippen molar-refractivity contribution in [1.29, 1.82) is 0 Å². The first-order chi connectivity index (χ1) is 13.6. The number of carbonyl (C=O) groups is 5. The highest BCUT2D eigenvalue weighted by atomic mass is 17.2. The third-order valence-electron chi connectivity index (χ3n) is 3.47. The molecule has 0 aliphatic heterocycles. The topological polar surface area (TPSA) is 158 Å². The van der Waals surface area contributed by atoms with Crippen molar-refractivity contribution >= 4 is 29.8 Å². The molecule has 0 bridgehead atoms. The summed E-state index contributed by atoms with van der Waals surface area (Å²) in [7, 11) is 0. The van der Waals surface area contributed by atoms with E-state index >= 15 is 0 Å². The second-order valence-corrected chi connectivity index (χ2v) is 6.50. The lowest BCUT2D eigenvalue weighted by Gasteiger charge is -2.19. The maximum atomic E-state index is 12.1. The van der Waals surface area contributed by atoms with E-state index in [2.05, 4.69) is 19.6 Å². The molecule has 0 saturated carbocycles. The number of carbonyl (C=O) groups excluding carboxylic acids is 5. The summed E-state index contributed by atoms with van der Waals surface area (Å²) in [6, 6.07) is -1.02. The van der Waals surface area contributed by atoms with E-state index in [1.54, 1.807) is 27.7 Å². The quantitative estimate of drug-likeness (QED) is 0.292. The molecule has 0 radical (unpaired) electrons. The van der Waals surface area contributed by atoms with Crippen LogP contribution in [0.15, 0.2) is 0 Å². The molecule has 11 heteroatoms. The van der Waals surface area contributed by atoms with E-state index in [1.807, 2.05) is 0 Å². The van der Waals surface area contributed by atoms with Crippen LogP contribution in [0.25, 0.3) is 0 Å². The molecule has 0 amide bonds. The molecule has 0 aromatic rings. The highest BCUT2D eigenvalue weighted by Gasteiger charge is 2.31. The molecule has 0 aliphatic rings. The van der Waals surface area contributed by atoms with Gasteiger partial charge >= 0.3 is 29.8 Å². The summed E-state index contributed by atoms with van der Waals surface area (Å²) >= 11 is 0. The standard InChI is InChI=1S/C18H29NO10/c1-5-7-13(20)26-27-15(22)10-9-12(25-18(24)16(19)11(3)4)17(23)29-28-14(21)8-6-2/h11-12,16H,5-10,19H2,1-4H3. The summed E-state index contributed by atoms with van der Waals surface area (Å²) in [5.41, 5.74) is 5.67. The molecule has 0 aliphatic carbocycles. The molecule has 29 heavy (non-hydrogen) atoms. The van der Waals surface area contributed by atoms with Gasteiger partial charge in [-0.25, -0.2) is 38.7 Å². The summed E-state index contributed by atoms with van der Waals surface area (Å²) in [4.78, 5) is 75.6. The first-order valence-corrected chi connectivity index (χ1v) is 9.39. The third-order valence-corrected chi connectivity index (χ3v) is 3.47. The molecule has 2 unspecified atom stereocenters. The Morgan fingerprint density at radius 3 is 1.62 bits per heavy atom. The molecule has 0 fully saturated rings. The van der Waals surface area contributed by atoms with Gasteiger partial charge in [-0.2, -0.15) is 0 Å². The second kappa shape index (κ2) is 14.3. The molecule has 0 saturated heterocycles. The highest BCUT2D eigenvalue weighted by Crippen LogP contribution is 2.11. The maximum absolute atomic E-state index is 12.1. The van der Waals surface area contributed by atoms with Crippen LogP contribution in [-0.4, -0.2) is 42.0 Å².